The monoisotopic (exact) mass is 401 g/mol. The number of imidazole rings is 1. The number of anilines is 1. The number of fused-ring (bicyclic) bond motifs is 1. The highest BCUT2D eigenvalue weighted by Gasteiger charge is 2.17. The fourth-order valence-electron chi connectivity index (χ4n) is 2.96. The zero-order chi connectivity index (χ0) is 19.5. The van der Waals surface area contributed by atoms with Gasteiger partial charge in [0.05, 0.1) is 11.9 Å². The maximum atomic E-state index is 13.1. The molecule has 0 aliphatic rings. The van der Waals surface area contributed by atoms with Gasteiger partial charge in [-0.1, -0.05) is 30.3 Å². The number of alkyl halides is 2. The summed E-state index contributed by atoms with van der Waals surface area (Å²) in [6.07, 6.45) is 2.61. The molecular weight excluding hydrogens is 384 g/mol. The Morgan fingerprint density at radius 1 is 1.21 bits per heavy atom. The first-order valence-corrected chi connectivity index (χ1v) is 9.41. The standard InChI is InChI=1S/C19H17F2N5OS/c1-27-10-14-24-17(23-9-15-22-7-8-26(15)19(20)21)16-13(11-28-18(16)25-14)12-5-3-2-4-6-12/h2-8,11,19H,9-10H2,1H3,(H,23,24,25). The lowest BCUT2D eigenvalue weighted by Crippen LogP contribution is -2.11. The van der Waals surface area contributed by atoms with Crippen LogP contribution in [0.3, 0.4) is 0 Å². The second kappa shape index (κ2) is 7.99. The lowest BCUT2D eigenvalue weighted by atomic mass is 10.1. The Labute approximate surface area is 163 Å². The molecule has 1 N–H and O–H groups in total. The summed E-state index contributed by atoms with van der Waals surface area (Å²) in [5.41, 5.74) is 2.03. The first-order valence-electron chi connectivity index (χ1n) is 8.53. The normalized spacial score (nSPS) is 11.4. The molecule has 0 radical (unpaired) electrons. The van der Waals surface area contributed by atoms with Gasteiger partial charge in [-0.25, -0.2) is 15.0 Å². The summed E-state index contributed by atoms with van der Waals surface area (Å²) in [7, 11) is 1.57. The van der Waals surface area contributed by atoms with Gasteiger partial charge in [0.2, 0.25) is 0 Å². The molecule has 0 atom stereocenters. The van der Waals surface area contributed by atoms with Gasteiger partial charge < -0.3 is 10.1 Å². The van der Waals surface area contributed by atoms with E-state index in [2.05, 4.69) is 20.3 Å². The predicted octanol–water partition coefficient (Wildman–Crippen LogP) is 4.71. The van der Waals surface area contributed by atoms with Crippen LogP contribution in [0.1, 0.15) is 18.2 Å². The quantitative estimate of drug-likeness (QED) is 0.486. The number of aromatic nitrogens is 4. The first kappa shape index (κ1) is 18.5. The minimum Gasteiger partial charge on any atom is -0.377 e. The third kappa shape index (κ3) is 3.58. The number of benzene rings is 1. The molecule has 28 heavy (non-hydrogen) atoms. The number of nitrogens with one attached hydrogen (secondary N) is 1. The van der Waals surface area contributed by atoms with Crippen LogP contribution in [0, 0.1) is 0 Å². The van der Waals surface area contributed by atoms with Crippen molar-refractivity contribution in [3.05, 3.63) is 59.8 Å². The molecule has 0 aliphatic heterocycles. The van der Waals surface area contributed by atoms with Crippen LogP contribution in [-0.2, 0) is 17.9 Å². The fourth-order valence-corrected chi connectivity index (χ4v) is 3.93. The van der Waals surface area contributed by atoms with E-state index in [4.69, 9.17) is 4.74 Å². The van der Waals surface area contributed by atoms with E-state index in [0.29, 0.717) is 11.6 Å². The van der Waals surface area contributed by atoms with Gasteiger partial charge in [-0.15, -0.1) is 11.3 Å². The van der Waals surface area contributed by atoms with Gasteiger partial charge in [-0.05, 0) is 5.56 Å². The molecule has 0 bridgehead atoms. The summed E-state index contributed by atoms with van der Waals surface area (Å²) in [4.78, 5) is 13.9. The van der Waals surface area contributed by atoms with Crippen molar-refractivity contribution in [3.63, 3.8) is 0 Å². The molecule has 0 saturated heterocycles. The van der Waals surface area contributed by atoms with E-state index in [9.17, 15) is 8.78 Å². The van der Waals surface area contributed by atoms with E-state index in [1.807, 2.05) is 35.7 Å². The second-order valence-corrected chi connectivity index (χ2v) is 6.86. The molecule has 0 amide bonds. The van der Waals surface area contributed by atoms with Crippen LogP contribution in [0.25, 0.3) is 21.3 Å². The Balaban J connectivity index is 1.76. The summed E-state index contributed by atoms with van der Waals surface area (Å²) in [5.74, 6) is 1.32. The molecule has 3 heterocycles. The minimum atomic E-state index is -2.64. The topological polar surface area (TPSA) is 64.9 Å². The lowest BCUT2D eigenvalue weighted by Gasteiger charge is -2.11. The third-order valence-corrected chi connectivity index (χ3v) is 5.08. The Morgan fingerprint density at radius 3 is 2.79 bits per heavy atom. The molecule has 0 saturated carbocycles. The maximum absolute atomic E-state index is 13.1. The summed E-state index contributed by atoms with van der Waals surface area (Å²) in [6, 6.07) is 9.90. The van der Waals surface area contributed by atoms with Crippen molar-refractivity contribution in [1.82, 2.24) is 19.5 Å². The van der Waals surface area contributed by atoms with E-state index >= 15 is 0 Å². The van der Waals surface area contributed by atoms with Crippen molar-refractivity contribution < 1.29 is 13.5 Å². The van der Waals surface area contributed by atoms with Gasteiger partial charge in [0, 0.05) is 30.4 Å². The molecule has 9 heteroatoms. The molecule has 144 valence electrons. The molecule has 4 aromatic rings. The van der Waals surface area contributed by atoms with Gasteiger partial charge >= 0.3 is 6.55 Å². The van der Waals surface area contributed by atoms with Crippen LogP contribution in [-0.4, -0.2) is 26.6 Å². The molecule has 1 aromatic carbocycles. The van der Waals surface area contributed by atoms with Gasteiger partial charge in [0.15, 0.2) is 5.82 Å². The van der Waals surface area contributed by atoms with Crippen molar-refractivity contribution in [1.29, 1.82) is 0 Å². The average Bonchev–Trinajstić information content (AvgIpc) is 3.34. The summed E-state index contributed by atoms with van der Waals surface area (Å²) >= 11 is 1.51. The summed E-state index contributed by atoms with van der Waals surface area (Å²) < 4.78 is 32.2. The Morgan fingerprint density at radius 2 is 2.04 bits per heavy atom. The molecular formula is C19H17F2N5OS. The number of methoxy groups -OCH3 is 1. The van der Waals surface area contributed by atoms with E-state index in [1.165, 1.54) is 23.7 Å². The number of hydrogen-bond donors (Lipinski definition) is 1. The molecule has 0 fully saturated rings. The van der Waals surface area contributed by atoms with Gasteiger partial charge in [0.25, 0.3) is 0 Å². The van der Waals surface area contributed by atoms with Gasteiger partial charge in [0.1, 0.15) is 23.1 Å². The van der Waals surface area contributed by atoms with E-state index in [-0.39, 0.29) is 19.0 Å². The highest BCUT2D eigenvalue weighted by atomic mass is 32.1. The predicted molar refractivity (Wildman–Crippen MR) is 104 cm³/mol. The minimum absolute atomic E-state index is 0.111. The SMILES string of the molecule is COCc1nc(NCc2nccn2C(F)F)c2c(-c3ccccc3)csc2n1. The van der Waals surface area contributed by atoms with Crippen LogP contribution < -0.4 is 5.32 Å². The van der Waals surface area contributed by atoms with E-state index in [0.717, 1.165) is 25.9 Å². The molecule has 0 unspecified atom stereocenters. The molecule has 4 rings (SSSR count). The van der Waals surface area contributed by atoms with Crippen molar-refractivity contribution in [3.8, 4) is 11.1 Å². The number of thiophene rings is 1. The van der Waals surface area contributed by atoms with Crippen LogP contribution >= 0.6 is 11.3 Å². The molecule has 0 aliphatic carbocycles. The Kier molecular flexibility index (Phi) is 5.27. The number of hydrogen-bond acceptors (Lipinski definition) is 6. The fraction of sp³-hybridized carbons (Fsp3) is 0.211. The highest BCUT2D eigenvalue weighted by molar-refractivity contribution is 7.17. The zero-order valence-electron chi connectivity index (χ0n) is 15.0. The van der Waals surface area contributed by atoms with Gasteiger partial charge in [-0.2, -0.15) is 8.78 Å². The van der Waals surface area contributed by atoms with Crippen LogP contribution in [0.4, 0.5) is 14.6 Å². The Bertz CT molecular complexity index is 1080. The first-order chi connectivity index (χ1) is 13.7. The summed E-state index contributed by atoms with van der Waals surface area (Å²) in [6.45, 7) is -2.27. The van der Waals surface area contributed by atoms with Crippen molar-refractivity contribution in [2.45, 2.75) is 19.7 Å². The van der Waals surface area contributed by atoms with Crippen LogP contribution in [0.2, 0.25) is 0 Å². The maximum Gasteiger partial charge on any atom is 0.319 e. The van der Waals surface area contributed by atoms with Crippen molar-refractivity contribution in [2.24, 2.45) is 0 Å². The van der Waals surface area contributed by atoms with Crippen LogP contribution in [0.15, 0.2) is 48.1 Å². The Hall–Kier alpha value is -2.91. The third-order valence-electron chi connectivity index (χ3n) is 4.21. The van der Waals surface area contributed by atoms with Crippen molar-refractivity contribution >= 4 is 27.4 Å². The lowest BCUT2D eigenvalue weighted by molar-refractivity contribution is 0.0673. The largest absolute Gasteiger partial charge is 0.377 e. The number of ether oxygens (including phenoxy) is 1. The molecule has 6 nitrogen and oxygen atoms in total. The summed E-state index contributed by atoms with van der Waals surface area (Å²) in [5, 5.41) is 6.04. The number of halogens is 2. The molecule has 0 spiro atoms. The number of rotatable bonds is 7. The highest BCUT2D eigenvalue weighted by Crippen LogP contribution is 2.37. The second-order valence-electron chi connectivity index (χ2n) is 6.00. The average molecular weight is 401 g/mol. The number of nitrogens with zero attached hydrogens (tertiary/aromatic N) is 4. The van der Waals surface area contributed by atoms with Crippen molar-refractivity contribution in [2.75, 3.05) is 12.4 Å². The van der Waals surface area contributed by atoms with Gasteiger partial charge in [-0.3, -0.25) is 4.57 Å². The smallest absolute Gasteiger partial charge is 0.319 e. The van der Waals surface area contributed by atoms with Crippen LogP contribution in [0.5, 0.6) is 0 Å². The molecule has 3 aromatic heterocycles. The zero-order valence-corrected chi connectivity index (χ0v) is 15.8. The van der Waals surface area contributed by atoms with E-state index in [1.54, 1.807) is 7.11 Å². The van der Waals surface area contributed by atoms with E-state index < -0.39 is 6.55 Å².